The Balaban J connectivity index is 1.87. The third-order valence-corrected chi connectivity index (χ3v) is 5.93. The van der Waals surface area contributed by atoms with E-state index < -0.39 is 0 Å². The van der Waals surface area contributed by atoms with E-state index in [2.05, 4.69) is 37.6 Å². The molecule has 104 valence electrons. The van der Waals surface area contributed by atoms with Crippen molar-refractivity contribution in [1.82, 2.24) is 4.90 Å². The molecule has 0 N–H and O–H groups in total. The molecule has 0 spiro atoms. The van der Waals surface area contributed by atoms with E-state index in [4.69, 9.17) is 0 Å². The summed E-state index contributed by atoms with van der Waals surface area (Å²) < 4.78 is 0. The molecule has 0 bridgehead atoms. The van der Waals surface area contributed by atoms with Crippen molar-refractivity contribution in [2.24, 2.45) is 17.8 Å². The second-order valence-corrected chi connectivity index (χ2v) is 7.55. The highest BCUT2D eigenvalue weighted by Crippen LogP contribution is 2.33. The normalized spacial score (nSPS) is 33.6. The Morgan fingerprint density at radius 2 is 2.17 bits per heavy atom. The standard InChI is InChI=1S/C15H27NOS/c1-11(2)12-4-5-15(17)13(8-12)9-16(3)14-6-7-18-10-14/h11-14H,4-10H2,1-3H3. The molecular weight excluding hydrogens is 242 g/mol. The lowest BCUT2D eigenvalue weighted by Gasteiger charge is -2.34. The van der Waals surface area contributed by atoms with Crippen LogP contribution in [0.5, 0.6) is 0 Å². The van der Waals surface area contributed by atoms with Crippen LogP contribution >= 0.6 is 11.8 Å². The van der Waals surface area contributed by atoms with Crippen LogP contribution in [0, 0.1) is 17.8 Å². The Labute approximate surface area is 116 Å². The molecule has 2 nitrogen and oxygen atoms in total. The van der Waals surface area contributed by atoms with E-state index in [1.54, 1.807) is 0 Å². The van der Waals surface area contributed by atoms with Crippen LogP contribution < -0.4 is 0 Å². The summed E-state index contributed by atoms with van der Waals surface area (Å²) >= 11 is 2.05. The Morgan fingerprint density at radius 1 is 1.39 bits per heavy atom. The highest BCUT2D eigenvalue weighted by molar-refractivity contribution is 7.99. The molecule has 1 saturated heterocycles. The molecule has 2 aliphatic rings. The molecule has 1 aliphatic heterocycles. The molecule has 0 amide bonds. The first-order valence-corrected chi connectivity index (χ1v) is 8.54. The highest BCUT2D eigenvalue weighted by Gasteiger charge is 2.32. The first-order valence-electron chi connectivity index (χ1n) is 7.38. The van der Waals surface area contributed by atoms with Gasteiger partial charge in [0.05, 0.1) is 0 Å². The summed E-state index contributed by atoms with van der Waals surface area (Å²) in [6.45, 7) is 5.59. The number of Topliss-reactive ketones (excluding diaryl/α,β-unsaturated/α-hetero) is 1. The highest BCUT2D eigenvalue weighted by atomic mass is 32.2. The van der Waals surface area contributed by atoms with Gasteiger partial charge >= 0.3 is 0 Å². The predicted octanol–water partition coefficient (Wildman–Crippen LogP) is 3.07. The van der Waals surface area contributed by atoms with Gasteiger partial charge in [-0.2, -0.15) is 11.8 Å². The zero-order valence-corrected chi connectivity index (χ0v) is 12.8. The Bertz CT molecular complexity index is 286. The molecule has 18 heavy (non-hydrogen) atoms. The quantitative estimate of drug-likeness (QED) is 0.782. The number of hydrogen-bond acceptors (Lipinski definition) is 3. The number of hydrogen-bond donors (Lipinski definition) is 0. The van der Waals surface area contributed by atoms with Crippen LogP contribution in [0.15, 0.2) is 0 Å². The monoisotopic (exact) mass is 269 g/mol. The fraction of sp³-hybridized carbons (Fsp3) is 0.933. The molecule has 1 aliphatic carbocycles. The van der Waals surface area contributed by atoms with Gasteiger partial charge in [-0.3, -0.25) is 4.79 Å². The smallest absolute Gasteiger partial charge is 0.137 e. The summed E-state index contributed by atoms with van der Waals surface area (Å²) in [5, 5.41) is 0. The summed E-state index contributed by atoms with van der Waals surface area (Å²) in [5.41, 5.74) is 0. The van der Waals surface area contributed by atoms with Crippen LogP contribution in [0.2, 0.25) is 0 Å². The molecule has 2 fully saturated rings. The molecule has 0 radical (unpaired) electrons. The van der Waals surface area contributed by atoms with Crippen molar-refractivity contribution in [2.45, 2.75) is 45.6 Å². The first kappa shape index (κ1) is 14.4. The largest absolute Gasteiger partial charge is 0.302 e. The SMILES string of the molecule is CC(C)C1CCC(=O)C(CN(C)C2CCSC2)C1. The van der Waals surface area contributed by atoms with E-state index in [9.17, 15) is 4.79 Å². The number of carbonyl (C=O) groups is 1. The topological polar surface area (TPSA) is 20.3 Å². The molecule has 3 heteroatoms. The summed E-state index contributed by atoms with van der Waals surface area (Å²) in [5.74, 6) is 4.87. The van der Waals surface area contributed by atoms with Gasteiger partial charge in [0.25, 0.3) is 0 Å². The zero-order valence-electron chi connectivity index (χ0n) is 12.0. The van der Waals surface area contributed by atoms with Gasteiger partial charge in [-0.15, -0.1) is 0 Å². The third kappa shape index (κ3) is 3.51. The van der Waals surface area contributed by atoms with E-state index in [1.165, 1.54) is 17.9 Å². The Kier molecular flexibility index (Phi) is 5.14. The third-order valence-electron chi connectivity index (χ3n) is 4.78. The van der Waals surface area contributed by atoms with E-state index in [-0.39, 0.29) is 0 Å². The van der Waals surface area contributed by atoms with Gasteiger partial charge < -0.3 is 4.90 Å². The van der Waals surface area contributed by atoms with Gasteiger partial charge in [0, 0.05) is 30.7 Å². The average Bonchev–Trinajstić information content (AvgIpc) is 2.85. The second-order valence-electron chi connectivity index (χ2n) is 6.40. The maximum atomic E-state index is 12.1. The minimum Gasteiger partial charge on any atom is -0.302 e. The lowest BCUT2D eigenvalue weighted by Crippen LogP contribution is -2.40. The molecule has 2 rings (SSSR count). The maximum absolute atomic E-state index is 12.1. The van der Waals surface area contributed by atoms with Crippen molar-refractivity contribution in [2.75, 3.05) is 25.1 Å². The van der Waals surface area contributed by atoms with Gasteiger partial charge in [0.2, 0.25) is 0 Å². The molecule has 0 aromatic carbocycles. The fourth-order valence-corrected chi connectivity index (χ4v) is 4.59. The summed E-state index contributed by atoms with van der Waals surface area (Å²) in [4.78, 5) is 14.5. The van der Waals surface area contributed by atoms with Crippen LogP contribution in [0.25, 0.3) is 0 Å². The Hall–Kier alpha value is -0.0200. The zero-order chi connectivity index (χ0) is 13.1. The van der Waals surface area contributed by atoms with E-state index in [1.807, 2.05) is 0 Å². The minimum atomic E-state index is 0.307. The molecule has 3 atom stereocenters. The second kappa shape index (κ2) is 6.42. The lowest BCUT2D eigenvalue weighted by molar-refractivity contribution is -0.126. The molecule has 3 unspecified atom stereocenters. The first-order chi connectivity index (χ1) is 8.58. The number of rotatable bonds is 4. The van der Waals surface area contributed by atoms with Crippen LogP contribution in [-0.4, -0.2) is 41.8 Å². The van der Waals surface area contributed by atoms with Crippen molar-refractivity contribution in [3.05, 3.63) is 0 Å². The molecule has 0 aromatic heterocycles. The predicted molar refractivity (Wildman–Crippen MR) is 79.0 cm³/mol. The van der Waals surface area contributed by atoms with Crippen molar-refractivity contribution in [3.8, 4) is 0 Å². The number of thioether (sulfide) groups is 1. The van der Waals surface area contributed by atoms with Crippen molar-refractivity contribution >= 4 is 17.5 Å². The van der Waals surface area contributed by atoms with Crippen LogP contribution in [0.3, 0.4) is 0 Å². The summed E-state index contributed by atoms with van der Waals surface area (Å²) in [6.07, 6.45) is 4.37. The lowest BCUT2D eigenvalue weighted by atomic mass is 9.75. The minimum absolute atomic E-state index is 0.307. The molecule has 1 heterocycles. The van der Waals surface area contributed by atoms with E-state index in [0.29, 0.717) is 17.7 Å². The van der Waals surface area contributed by atoms with Gasteiger partial charge in [0.15, 0.2) is 0 Å². The van der Waals surface area contributed by atoms with Gasteiger partial charge in [-0.1, -0.05) is 13.8 Å². The van der Waals surface area contributed by atoms with Gasteiger partial charge in [0.1, 0.15) is 5.78 Å². The van der Waals surface area contributed by atoms with E-state index in [0.717, 1.165) is 37.6 Å². The number of nitrogens with zero attached hydrogens (tertiary/aromatic N) is 1. The summed E-state index contributed by atoms with van der Waals surface area (Å²) in [6, 6.07) is 0.710. The number of carbonyl (C=O) groups excluding carboxylic acids is 1. The van der Waals surface area contributed by atoms with Crippen LogP contribution in [0.1, 0.15) is 39.5 Å². The molecular formula is C15H27NOS. The maximum Gasteiger partial charge on any atom is 0.137 e. The van der Waals surface area contributed by atoms with Gasteiger partial charge in [-0.25, -0.2) is 0 Å². The summed E-state index contributed by atoms with van der Waals surface area (Å²) in [7, 11) is 2.21. The molecule has 0 aromatic rings. The van der Waals surface area contributed by atoms with Crippen molar-refractivity contribution in [1.29, 1.82) is 0 Å². The fourth-order valence-electron chi connectivity index (χ4n) is 3.29. The van der Waals surface area contributed by atoms with Gasteiger partial charge in [-0.05, 0) is 43.9 Å². The molecule has 1 saturated carbocycles. The van der Waals surface area contributed by atoms with Crippen molar-refractivity contribution < 1.29 is 4.79 Å². The van der Waals surface area contributed by atoms with Crippen LogP contribution in [-0.2, 0) is 4.79 Å². The number of ketones is 1. The van der Waals surface area contributed by atoms with Crippen LogP contribution in [0.4, 0.5) is 0 Å². The Morgan fingerprint density at radius 3 is 2.78 bits per heavy atom. The van der Waals surface area contributed by atoms with E-state index >= 15 is 0 Å². The van der Waals surface area contributed by atoms with Crippen molar-refractivity contribution in [3.63, 3.8) is 0 Å². The average molecular weight is 269 g/mol.